The number of aryl methyl sites for hydroxylation is 1. The summed E-state index contributed by atoms with van der Waals surface area (Å²) in [6.45, 7) is 8.15. The lowest BCUT2D eigenvalue weighted by atomic mass is 10.1. The zero-order valence-electron chi connectivity index (χ0n) is 10.1. The summed E-state index contributed by atoms with van der Waals surface area (Å²) < 4.78 is 1.02. The first-order chi connectivity index (χ1) is 7.35. The molecule has 3 nitrogen and oxygen atoms in total. The van der Waals surface area contributed by atoms with Crippen molar-refractivity contribution in [2.24, 2.45) is 10.8 Å². The molecule has 0 saturated heterocycles. The molecule has 1 rings (SSSR count). The fourth-order valence-electron chi connectivity index (χ4n) is 1.34. The van der Waals surface area contributed by atoms with Gasteiger partial charge >= 0.3 is 0 Å². The van der Waals surface area contributed by atoms with E-state index in [-0.39, 0.29) is 5.54 Å². The summed E-state index contributed by atoms with van der Waals surface area (Å²) in [5, 5.41) is 0. The number of benzene rings is 1. The number of nitrogens with one attached hydrogen (secondary N) is 1. The average Bonchev–Trinajstić information content (AvgIpc) is 2.18. The van der Waals surface area contributed by atoms with Crippen molar-refractivity contribution >= 4 is 21.8 Å². The summed E-state index contributed by atoms with van der Waals surface area (Å²) in [4.78, 5) is 4.55. The third-order valence-electron chi connectivity index (χ3n) is 2.03. The molecule has 0 aliphatic rings. The Morgan fingerprint density at radius 2 is 2.00 bits per heavy atom. The van der Waals surface area contributed by atoms with Gasteiger partial charge in [0.15, 0.2) is 0 Å². The molecule has 0 atom stereocenters. The van der Waals surface area contributed by atoms with Crippen LogP contribution in [-0.2, 0) is 0 Å². The summed E-state index contributed by atoms with van der Waals surface area (Å²) in [5.74, 6) is 6.23. The Morgan fingerprint density at radius 1 is 1.38 bits per heavy atom. The van der Waals surface area contributed by atoms with E-state index in [2.05, 4.69) is 26.3 Å². The van der Waals surface area contributed by atoms with Crippen LogP contribution in [0.1, 0.15) is 31.9 Å². The van der Waals surface area contributed by atoms with Crippen LogP contribution in [0.5, 0.6) is 0 Å². The van der Waals surface area contributed by atoms with Gasteiger partial charge in [0.2, 0.25) is 0 Å². The van der Waals surface area contributed by atoms with Crippen molar-refractivity contribution in [2.45, 2.75) is 33.2 Å². The Hall–Kier alpha value is -0.870. The van der Waals surface area contributed by atoms with Gasteiger partial charge in [0.05, 0.1) is 5.54 Å². The maximum Gasteiger partial charge on any atom is 0.144 e. The predicted octanol–water partition coefficient (Wildman–Crippen LogP) is 2.77. The molecule has 0 amide bonds. The molecular weight excluding hydrogens is 266 g/mol. The highest BCUT2D eigenvalue weighted by molar-refractivity contribution is 9.10. The van der Waals surface area contributed by atoms with Gasteiger partial charge in [0.25, 0.3) is 0 Å². The second kappa shape index (κ2) is 4.97. The molecule has 0 heterocycles. The van der Waals surface area contributed by atoms with Gasteiger partial charge in [-0.1, -0.05) is 18.2 Å². The molecule has 4 heteroatoms. The Labute approximate surface area is 105 Å². The minimum atomic E-state index is -0.162. The van der Waals surface area contributed by atoms with Crippen molar-refractivity contribution in [3.63, 3.8) is 0 Å². The molecule has 1 aromatic carbocycles. The monoisotopic (exact) mass is 283 g/mol. The maximum absolute atomic E-state index is 5.53. The number of nitrogens with zero attached hydrogens (tertiary/aromatic N) is 1. The minimum Gasteiger partial charge on any atom is -0.308 e. The first kappa shape index (κ1) is 13.2. The van der Waals surface area contributed by atoms with Gasteiger partial charge in [-0.05, 0) is 49.2 Å². The van der Waals surface area contributed by atoms with E-state index in [1.807, 2.05) is 45.9 Å². The van der Waals surface area contributed by atoms with Gasteiger partial charge in [0, 0.05) is 10.0 Å². The highest BCUT2D eigenvalue weighted by atomic mass is 79.9. The molecule has 0 unspecified atom stereocenters. The molecule has 0 saturated carbocycles. The van der Waals surface area contributed by atoms with Crippen LogP contribution >= 0.6 is 15.9 Å². The van der Waals surface area contributed by atoms with E-state index in [9.17, 15) is 0 Å². The van der Waals surface area contributed by atoms with E-state index in [1.54, 1.807) is 0 Å². The number of aliphatic imine (C=N–C) groups is 1. The molecule has 0 aliphatic heterocycles. The largest absolute Gasteiger partial charge is 0.308 e. The van der Waals surface area contributed by atoms with Crippen LogP contribution in [0.25, 0.3) is 0 Å². The highest BCUT2D eigenvalue weighted by Crippen LogP contribution is 2.22. The van der Waals surface area contributed by atoms with Gasteiger partial charge < -0.3 is 5.43 Å². The Bertz CT molecular complexity index is 405. The lowest BCUT2D eigenvalue weighted by molar-refractivity contribution is 0.580. The molecule has 0 aliphatic carbocycles. The van der Waals surface area contributed by atoms with Crippen molar-refractivity contribution in [1.29, 1.82) is 0 Å². The minimum absolute atomic E-state index is 0.162. The number of hydrogen-bond acceptors (Lipinski definition) is 2. The van der Waals surface area contributed by atoms with E-state index >= 15 is 0 Å². The van der Waals surface area contributed by atoms with Crippen LogP contribution < -0.4 is 11.3 Å². The SMILES string of the molecule is Cc1cccc(C(=NC(C)(C)C)NN)c1Br. The van der Waals surface area contributed by atoms with Gasteiger partial charge in [-0.2, -0.15) is 0 Å². The summed E-state index contributed by atoms with van der Waals surface area (Å²) >= 11 is 3.55. The fraction of sp³-hybridized carbons (Fsp3) is 0.417. The van der Waals surface area contributed by atoms with E-state index in [0.717, 1.165) is 15.6 Å². The van der Waals surface area contributed by atoms with E-state index < -0.39 is 0 Å². The van der Waals surface area contributed by atoms with Crippen LogP contribution in [-0.4, -0.2) is 11.4 Å². The Morgan fingerprint density at radius 3 is 2.50 bits per heavy atom. The first-order valence-corrected chi connectivity index (χ1v) is 5.96. The molecule has 3 N–H and O–H groups in total. The molecule has 0 aromatic heterocycles. The van der Waals surface area contributed by atoms with Crippen molar-refractivity contribution < 1.29 is 0 Å². The summed E-state index contributed by atoms with van der Waals surface area (Å²) in [5.41, 5.74) is 4.65. The standard InChI is InChI=1S/C12H18BrN3/c1-8-6-5-7-9(10(8)13)11(16-14)15-12(2,3)4/h5-7H,14H2,1-4H3,(H,15,16). The third kappa shape index (κ3) is 3.32. The fourth-order valence-corrected chi connectivity index (χ4v) is 1.79. The zero-order valence-corrected chi connectivity index (χ0v) is 11.7. The van der Waals surface area contributed by atoms with Crippen molar-refractivity contribution in [2.75, 3.05) is 0 Å². The summed E-state index contributed by atoms with van der Waals surface area (Å²) in [6.07, 6.45) is 0. The van der Waals surface area contributed by atoms with Crippen LogP contribution in [0.15, 0.2) is 27.7 Å². The van der Waals surface area contributed by atoms with E-state index in [1.165, 1.54) is 0 Å². The normalized spacial score (nSPS) is 12.8. The van der Waals surface area contributed by atoms with Gasteiger partial charge in [-0.3, -0.25) is 4.99 Å². The summed E-state index contributed by atoms with van der Waals surface area (Å²) in [7, 11) is 0. The van der Waals surface area contributed by atoms with Crippen molar-refractivity contribution in [3.8, 4) is 0 Å². The number of hydrogen-bond donors (Lipinski definition) is 2. The second-order valence-electron chi connectivity index (χ2n) is 4.71. The maximum atomic E-state index is 5.53. The number of rotatable bonds is 1. The van der Waals surface area contributed by atoms with Crippen molar-refractivity contribution in [3.05, 3.63) is 33.8 Å². The van der Waals surface area contributed by atoms with Crippen molar-refractivity contribution in [1.82, 2.24) is 5.43 Å². The highest BCUT2D eigenvalue weighted by Gasteiger charge is 2.13. The molecule has 0 fully saturated rings. The smallest absolute Gasteiger partial charge is 0.144 e. The van der Waals surface area contributed by atoms with Crippen LogP contribution in [0, 0.1) is 6.92 Å². The lowest BCUT2D eigenvalue weighted by Crippen LogP contribution is -2.34. The zero-order chi connectivity index (χ0) is 12.3. The molecule has 1 aromatic rings. The summed E-state index contributed by atoms with van der Waals surface area (Å²) in [6, 6.07) is 6.02. The van der Waals surface area contributed by atoms with Gasteiger partial charge in [-0.15, -0.1) is 0 Å². The third-order valence-corrected chi connectivity index (χ3v) is 3.08. The molecule has 0 bridgehead atoms. The number of hydrazine groups is 1. The lowest BCUT2D eigenvalue weighted by Gasteiger charge is -2.17. The van der Waals surface area contributed by atoms with E-state index in [4.69, 9.17) is 5.84 Å². The average molecular weight is 284 g/mol. The molecular formula is C12H18BrN3. The number of amidine groups is 1. The van der Waals surface area contributed by atoms with Gasteiger partial charge in [0.1, 0.15) is 5.84 Å². The first-order valence-electron chi connectivity index (χ1n) is 5.17. The van der Waals surface area contributed by atoms with E-state index in [0.29, 0.717) is 5.84 Å². The Kier molecular flexibility index (Phi) is 4.10. The molecule has 0 spiro atoms. The quantitative estimate of drug-likeness (QED) is 0.360. The number of nitrogens with two attached hydrogens (primary N) is 1. The molecule has 88 valence electrons. The number of halogens is 1. The topological polar surface area (TPSA) is 50.4 Å². The predicted molar refractivity (Wildman–Crippen MR) is 72.5 cm³/mol. The van der Waals surface area contributed by atoms with Crippen LogP contribution in [0.4, 0.5) is 0 Å². The van der Waals surface area contributed by atoms with Crippen LogP contribution in [0.3, 0.4) is 0 Å². The second-order valence-corrected chi connectivity index (χ2v) is 5.51. The molecule has 16 heavy (non-hydrogen) atoms. The van der Waals surface area contributed by atoms with Crippen LogP contribution in [0.2, 0.25) is 0 Å². The van der Waals surface area contributed by atoms with Gasteiger partial charge in [-0.25, -0.2) is 5.84 Å². The Balaban J connectivity index is 3.25. The molecule has 0 radical (unpaired) electrons.